The molecule has 1 aliphatic rings. The zero-order chi connectivity index (χ0) is 17.9. The average Bonchev–Trinajstić information content (AvgIpc) is 3.42. The van der Waals surface area contributed by atoms with Gasteiger partial charge < -0.3 is 14.4 Å². The molecule has 5 heteroatoms. The van der Waals surface area contributed by atoms with Gasteiger partial charge >= 0.3 is 0 Å². The molecule has 0 spiro atoms. The van der Waals surface area contributed by atoms with Crippen molar-refractivity contribution in [3.63, 3.8) is 0 Å². The fourth-order valence-corrected chi connectivity index (χ4v) is 3.00. The lowest BCUT2D eigenvalue weighted by Gasteiger charge is -2.22. The number of carbonyl (C=O) groups is 1. The molecule has 26 heavy (non-hydrogen) atoms. The van der Waals surface area contributed by atoms with E-state index in [1.165, 1.54) is 0 Å². The Hall–Kier alpha value is -2.92. The quantitative estimate of drug-likeness (QED) is 0.738. The molecular weight excluding hydrogens is 328 g/mol. The van der Waals surface area contributed by atoms with E-state index in [0.717, 1.165) is 24.0 Å². The number of aromatic nitrogens is 1. The zero-order valence-electron chi connectivity index (χ0n) is 14.3. The molecule has 0 aliphatic heterocycles. The second kappa shape index (κ2) is 7.14. The number of amides is 1. The maximum atomic E-state index is 13.0. The van der Waals surface area contributed by atoms with E-state index < -0.39 is 0 Å². The average molecular weight is 348 g/mol. The topological polar surface area (TPSA) is 66.6 Å². The molecular formula is C21H20N2O3. The molecule has 4 rings (SSSR count). The van der Waals surface area contributed by atoms with E-state index in [9.17, 15) is 4.79 Å². The van der Waals surface area contributed by atoms with Gasteiger partial charge in [-0.2, -0.15) is 0 Å². The Labute approximate surface area is 151 Å². The van der Waals surface area contributed by atoms with Crippen LogP contribution in [-0.4, -0.2) is 26.9 Å². The van der Waals surface area contributed by atoms with Gasteiger partial charge in [-0.15, -0.1) is 0 Å². The summed E-state index contributed by atoms with van der Waals surface area (Å²) < 4.78 is 5.54. The van der Waals surface area contributed by atoms with E-state index in [0.29, 0.717) is 29.7 Å². The van der Waals surface area contributed by atoms with Crippen molar-refractivity contribution in [3.8, 4) is 11.3 Å². The third-order valence-electron chi connectivity index (χ3n) is 4.58. The van der Waals surface area contributed by atoms with E-state index in [4.69, 9.17) is 9.52 Å². The Morgan fingerprint density at radius 1 is 1.08 bits per heavy atom. The number of rotatable bonds is 6. The molecule has 3 aromatic rings. The molecule has 132 valence electrons. The van der Waals surface area contributed by atoms with Gasteiger partial charge in [0.1, 0.15) is 18.1 Å². The smallest absolute Gasteiger partial charge is 0.254 e. The first-order chi connectivity index (χ1) is 12.7. The Morgan fingerprint density at radius 3 is 2.42 bits per heavy atom. The van der Waals surface area contributed by atoms with Crippen molar-refractivity contribution >= 4 is 5.91 Å². The molecule has 0 saturated heterocycles. The summed E-state index contributed by atoms with van der Waals surface area (Å²) in [6, 6.07) is 15.2. The van der Waals surface area contributed by atoms with Crippen LogP contribution in [0.5, 0.6) is 0 Å². The summed E-state index contributed by atoms with van der Waals surface area (Å²) in [6.07, 6.45) is 5.63. The molecule has 1 saturated carbocycles. The number of furan rings is 1. The van der Waals surface area contributed by atoms with Crippen LogP contribution in [0.25, 0.3) is 11.3 Å². The molecule has 1 aromatic carbocycles. The van der Waals surface area contributed by atoms with Gasteiger partial charge in [0.05, 0.1) is 0 Å². The second-order valence-corrected chi connectivity index (χ2v) is 6.52. The van der Waals surface area contributed by atoms with Crippen LogP contribution in [0.2, 0.25) is 0 Å². The van der Waals surface area contributed by atoms with Crippen molar-refractivity contribution < 1.29 is 14.3 Å². The summed E-state index contributed by atoms with van der Waals surface area (Å²) in [5.41, 5.74) is 2.64. The highest BCUT2D eigenvalue weighted by atomic mass is 16.4. The third kappa shape index (κ3) is 3.53. The first-order valence-electron chi connectivity index (χ1n) is 8.74. The summed E-state index contributed by atoms with van der Waals surface area (Å²) in [4.78, 5) is 19.0. The zero-order valence-corrected chi connectivity index (χ0v) is 14.3. The number of benzene rings is 1. The molecule has 2 heterocycles. The van der Waals surface area contributed by atoms with Crippen LogP contribution in [0, 0.1) is 0 Å². The SMILES string of the molecule is O=C(c1ccc(-c2ccc(CO)o2)cc1)N(Cc1ccncc1)C1CC1. The molecule has 1 fully saturated rings. The van der Waals surface area contributed by atoms with Crippen molar-refractivity contribution in [1.29, 1.82) is 0 Å². The van der Waals surface area contributed by atoms with Gasteiger partial charge in [-0.1, -0.05) is 12.1 Å². The minimum absolute atomic E-state index is 0.0476. The van der Waals surface area contributed by atoms with Crippen molar-refractivity contribution in [2.45, 2.75) is 32.0 Å². The fourth-order valence-electron chi connectivity index (χ4n) is 3.00. The van der Waals surface area contributed by atoms with E-state index in [-0.39, 0.29) is 12.5 Å². The molecule has 0 bridgehead atoms. The monoisotopic (exact) mass is 348 g/mol. The largest absolute Gasteiger partial charge is 0.459 e. The molecule has 2 aromatic heterocycles. The van der Waals surface area contributed by atoms with Gasteiger partial charge in [0.15, 0.2) is 0 Å². The predicted octanol–water partition coefficient (Wildman–Crippen LogP) is 3.64. The first-order valence-corrected chi connectivity index (χ1v) is 8.74. The first kappa shape index (κ1) is 16.5. The second-order valence-electron chi connectivity index (χ2n) is 6.52. The molecule has 1 N–H and O–H groups in total. The highest BCUT2D eigenvalue weighted by Crippen LogP contribution is 2.30. The van der Waals surface area contributed by atoms with E-state index in [1.807, 2.05) is 47.4 Å². The van der Waals surface area contributed by atoms with Crippen LogP contribution in [0.1, 0.15) is 34.5 Å². The number of aliphatic hydroxyl groups is 1. The number of pyridine rings is 1. The number of hydrogen-bond donors (Lipinski definition) is 1. The normalized spacial score (nSPS) is 13.6. The Kier molecular flexibility index (Phi) is 4.54. The highest BCUT2D eigenvalue weighted by molar-refractivity contribution is 5.95. The summed E-state index contributed by atoms with van der Waals surface area (Å²) in [5.74, 6) is 1.26. The van der Waals surface area contributed by atoms with Gasteiger partial charge in [-0.3, -0.25) is 9.78 Å². The van der Waals surface area contributed by atoms with Gasteiger partial charge in [0.25, 0.3) is 5.91 Å². The highest BCUT2D eigenvalue weighted by Gasteiger charge is 2.33. The standard InChI is InChI=1S/C21H20N2O3/c24-14-19-7-8-20(26-19)16-1-3-17(4-2-16)21(25)23(18-5-6-18)13-15-9-11-22-12-10-15/h1-4,7-12,18,24H,5-6,13-14H2. The lowest BCUT2D eigenvalue weighted by molar-refractivity contribution is 0.0730. The summed E-state index contributed by atoms with van der Waals surface area (Å²) in [7, 11) is 0. The maximum Gasteiger partial charge on any atom is 0.254 e. The van der Waals surface area contributed by atoms with Crippen molar-refractivity contribution in [2.75, 3.05) is 0 Å². The molecule has 1 aliphatic carbocycles. The maximum absolute atomic E-state index is 13.0. The molecule has 1 amide bonds. The molecule has 5 nitrogen and oxygen atoms in total. The predicted molar refractivity (Wildman–Crippen MR) is 97.2 cm³/mol. The minimum atomic E-state index is -0.123. The van der Waals surface area contributed by atoms with Gasteiger partial charge in [0.2, 0.25) is 0 Å². The minimum Gasteiger partial charge on any atom is -0.459 e. The summed E-state index contributed by atoms with van der Waals surface area (Å²) in [5, 5.41) is 9.11. The van der Waals surface area contributed by atoms with Crippen LogP contribution in [0.4, 0.5) is 0 Å². The van der Waals surface area contributed by atoms with Crippen LogP contribution in [0.15, 0.2) is 65.3 Å². The lowest BCUT2D eigenvalue weighted by Crippen LogP contribution is -2.32. The lowest BCUT2D eigenvalue weighted by atomic mass is 10.1. The fraction of sp³-hybridized carbons (Fsp3) is 0.238. The van der Waals surface area contributed by atoms with Gasteiger partial charge in [-0.25, -0.2) is 0 Å². The molecule has 0 atom stereocenters. The number of carbonyl (C=O) groups excluding carboxylic acids is 1. The Bertz CT molecular complexity index is 883. The number of nitrogens with zero attached hydrogens (tertiary/aromatic N) is 2. The van der Waals surface area contributed by atoms with Crippen LogP contribution in [0.3, 0.4) is 0 Å². The van der Waals surface area contributed by atoms with Gasteiger partial charge in [0, 0.05) is 36.1 Å². The van der Waals surface area contributed by atoms with Crippen molar-refractivity contribution in [2.24, 2.45) is 0 Å². The van der Waals surface area contributed by atoms with Crippen LogP contribution in [-0.2, 0) is 13.2 Å². The van der Waals surface area contributed by atoms with E-state index in [1.54, 1.807) is 18.5 Å². The van der Waals surface area contributed by atoms with E-state index >= 15 is 0 Å². The van der Waals surface area contributed by atoms with Crippen molar-refractivity contribution in [3.05, 3.63) is 77.8 Å². The summed E-state index contributed by atoms with van der Waals surface area (Å²) >= 11 is 0. The Balaban J connectivity index is 1.52. The van der Waals surface area contributed by atoms with Gasteiger partial charge in [-0.05, 0) is 54.8 Å². The van der Waals surface area contributed by atoms with E-state index in [2.05, 4.69) is 4.98 Å². The Morgan fingerprint density at radius 2 is 1.81 bits per heavy atom. The summed E-state index contributed by atoms with van der Waals surface area (Å²) in [6.45, 7) is 0.480. The van der Waals surface area contributed by atoms with Crippen molar-refractivity contribution in [1.82, 2.24) is 9.88 Å². The number of aliphatic hydroxyl groups excluding tert-OH is 1. The molecule has 0 radical (unpaired) electrons. The third-order valence-corrected chi connectivity index (χ3v) is 4.58. The van der Waals surface area contributed by atoms with Crippen LogP contribution >= 0.6 is 0 Å². The van der Waals surface area contributed by atoms with Crippen LogP contribution < -0.4 is 0 Å². The number of hydrogen-bond acceptors (Lipinski definition) is 4. The molecule has 0 unspecified atom stereocenters.